The van der Waals surface area contributed by atoms with Crippen molar-refractivity contribution in [2.75, 3.05) is 19.7 Å². The first kappa shape index (κ1) is 18.5. The van der Waals surface area contributed by atoms with Crippen LogP contribution in [0.5, 0.6) is 0 Å². The summed E-state index contributed by atoms with van der Waals surface area (Å²) in [7, 11) is 0. The first-order valence-electron chi connectivity index (χ1n) is 8.75. The van der Waals surface area contributed by atoms with E-state index in [4.69, 9.17) is 5.11 Å². The minimum atomic E-state index is -0.269. The highest BCUT2D eigenvalue weighted by atomic mass is 16.3. The minimum Gasteiger partial charge on any atom is -0.396 e. The SMILES string of the molecule is CC[C@H](CCO)CNC(=O)[C@@H]1CC(=O)N(Cc2ccc(C)cc2)C1. The molecule has 0 saturated carbocycles. The van der Waals surface area contributed by atoms with Gasteiger partial charge in [0.05, 0.1) is 5.92 Å². The van der Waals surface area contributed by atoms with Gasteiger partial charge in [0.25, 0.3) is 0 Å². The number of carbonyl (C=O) groups is 2. The number of aryl methyl sites for hydroxylation is 1. The number of nitrogens with zero attached hydrogens (tertiary/aromatic N) is 1. The van der Waals surface area contributed by atoms with Gasteiger partial charge in [-0.15, -0.1) is 0 Å². The largest absolute Gasteiger partial charge is 0.396 e. The molecule has 2 amide bonds. The van der Waals surface area contributed by atoms with Gasteiger partial charge in [-0.2, -0.15) is 0 Å². The Hall–Kier alpha value is -1.88. The lowest BCUT2D eigenvalue weighted by Gasteiger charge is -2.18. The molecule has 1 fully saturated rings. The van der Waals surface area contributed by atoms with E-state index >= 15 is 0 Å². The molecular weight excluding hydrogens is 304 g/mol. The molecule has 0 bridgehead atoms. The molecule has 2 N–H and O–H groups in total. The lowest BCUT2D eigenvalue weighted by atomic mass is 10.0. The third-order valence-corrected chi connectivity index (χ3v) is 4.76. The van der Waals surface area contributed by atoms with Crippen LogP contribution in [-0.4, -0.2) is 41.5 Å². The summed E-state index contributed by atoms with van der Waals surface area (Å²) < 4.78 is 0. The van der Waals surface area contributed by atoms with Crippen molar-refractivity contribution in [3.8, 4) is 0 Å². The molecule has 132 valence electrons. The van der Waals surface area contributed by atoms with Crippen molar-refractivity contribution < 1.29 is 14.7 Å². The van der Waals surface area contributed by atoms with E-state index in [-0.39, 0.29) is 30.8 Å². The molecule has 0 spiro atoms. The van der Waals surface area contributed by atoms with E-state index < -0.39 is 0 Å². The van der Waals surface area contributed by atoms with Gasteiger partial charge in [-0.05, 0) is 24.8 Å². The summed E-state index contributed by atoms with van der Waals surface area (Å²) in [6, 6.07) is 8.12. The number of aliphatic hydroxyl groups excluding tert-OH is 1. The van der Waals surface area contributed by atoms with Crippen molar-refractivity contribution in [2.24, 2.45) is 11.8 Å². The van der Waals surface area contributed by atoms with Gasteiger partial charge in [-0.25, -0.2) is 0 Å². The van der Waals surface area contributed by atoms with Crippen LogP contribution < -0.4 is 5.32 Å². The van der Waals surface area contributed by atoms with Gasteiger partial charge in [-0.1, -0.05) is 43.2 Å². The zero-order chi connectivity index (χ0) is 17.5. The fourth-order valence-electron chi connectivity index (χ4n) is 3.04. The Balaban J connectivity index is 1.84. The normalized spacial score (nSPS) is 18.7. The molecule has 1 aliphatic rings. The summed E-state index contributed by atoms with van der Waals surface area (Å²) in [6.45, 7) is 5.83. The van der Waals surface area contributed by atoms with E-state index in [1.807, 2.05) is 31.2 Å². The Bertz CT molecular complexity index is 556. The summed E-state index contributed by atoms with van der Waals surface area (Å²) in [6.07, 6.45) is 1.90. The monoisotopic (exact) mass is 332 g/mol. The van der Waals surface area contributed by atoms with Gasteiger partial charge >= 0.3 is 0 Å². The molecule has 2 atom stereocenters. The van der Waals surface area contributed by atoms with E-state index in [0.29, 0.717) is 32.0 Å². The predicted octanol–water partition coefficient (Wildman–Crippen LogP) is 1.87. The maximum atomic E-state index is 12.3. The minimum absolute atomic E-state index is 0.0399. The standard InChI is InChI=1S/C19H28N2O3/c1-3-15(8-9-22)11-20-19(24)17-10-18(23)21(13-17)12-16-6-4-14(2)5-7-16/h4-7,15,17,22H,3,8-13H2,1-2H3,(H,20,24)/t15-,17-/m1/s1. The average molecular weight is 332 g/mol. The fraction of sp³-hybridized carbons (Fsp3) is 0.579. The summed E-state index contributed by atoms with van der Waals surface area (Å²) in [4.78, 5) is 26.2. The quantitative estimate of drug-likeness (QED) is 0.763. The zero-order valence-corrected chi connectivity index (χ0v) is 14.6. The zero-order valence-electron chi connectivity index (χ0n) is 14.6. The Morgan fingerprint density at radius 3 is 2.71 bits per heavy atom. The van der Waals surface area contributed by atoms with E-state index in [2.05, 4.69) is 12.2 Å². The Morgan fingerprint density at radius 2 is 2.08 bits per heavy atom. The number of nitrogens with one attached hydrogen (secondary N) is 1. The van der Waals surface area contributed by atoms with Crippen molar-refractivity contribution in [3.05, 3.63) is 35.4 Å². The highest BCUT2D eigenvalue weighted by Crippen LogP contribution is 2.21. The number of amides is 2. The molecule has 5 nitrogen and oxygen atoms in total. The molecule has 0 aliphatic carbocycles. The molecule has 1 heterocycles. The van der Waals surface area contributed by atoms with E-state index in [1.54, 1.807) is 4.90 Å². The van der Waals surface area contributed by atoms with Crippen molar-refractivity contribution >= 4 is 11.8 Å². The number of carbonyl (C=O) groups excluding carboxylic acids is 2. The number of aliphatic hydroxyl groups is 1. The molecule has 0 aromatic heterocycles. The molecule has 1 aromatic carbocycles. The number of hydrogen-bond donors (Lipinski definition) is 2. The fourth-order valence-corrected chi connectivity index (χ4v) is 3.04. The van der Waals surface area contributed by atoms with Gasteiger partial charge in [0.15, 0.2) is 0 Å². The van der Waals surface area contributed by atoms with Crippen LogP contribution in [-0.2, 0) is 16.1 Å². The lowest BCUT2D eigenvalue weighted by Crippen LogP contribution is -2.36. The van der Waals surface area contributed by atoms with Crippen LogP contribution in [0, 0.1) is 18.8 Å². The number of benzene rings is 1. The smallest absolute Gasteiger partial charge is 0.225 e. The predicted molar refractivity (Wildman–Crippen MR) is 93.2 cm³/mol. The van der Waals surface area contributed by atoms with Gasteiger partial charge in [-0.3, -0.25) is 9.59 Å². The lowest BCUT2D eigenvalue weighted by molar-refractivity contribution is -0.129. The van der Waals surface area contributed by atoms with Gasteiger partial charge in [0, 0.05) is 32.7 Å². The van der Waals surface area contributed by atoms with E-state index in [0.717, 1.165) is 12.0 Å². The van der Waals surface area contributed by atoms with E-state index in [9.17, 15) is 9.59 Å². The highest BCUT2D eigenvalue weighted by Gasteiger charge is 2.34. The second kappa shape index (κ2) is 8.83. The Kier molecular flexibility index (Phi) is 6.79. The van der Waals surface area contributed by atoms with Crippen LogP contribution in [0.15, 0.2) is 24.3 Å². The molecule has 0 unspecified atom stereocenters. The second-order valence-electron chi connectivity index (χ2n) is 6.69. The maximum absolute atomic E-state index is 12.3. The van der Waals surface area contributed by atoms with Crippen LogP contribution in [0.2, 0.25) is 0 Å². The number of likely N-dealkylation sites (tertiary alicyclic amines) is 1. The molecule has 1 aliphatic heterocycles. The molecule has 5 heteroatoms. The van der Waals surface area contributed by atoms with E-state index in [1.165, 1.54) is 5.56 Å². The van der Waals surface area contributed by atoms with Crippen LogP contribution in [0.1, 0.15) is 37.3 Å². The third-order valence-electron chi connectivity index (χ3n) is 4.76. The molecule has 1 aromatic rings. The maximum Gasteiger partial charge on any atom is 0.225 e. The molecule has 24 heavy (non-hydrogen) atoms. The first-order valence-corrected chi connectivity index (χ1v) is 8.75. The number of rotatable bonds is 8. The van der Waals surface area contributed by atoms with Gasteiger partial charge in [0.1, 0.15) is 0 Å². The van der Waals surface area contributed by atoms with Crippen molar-refractivity contribution in [3.63, 3.8) is 0 Å². The third kappa shape index (κ3) is 5.06. The summed E-state index contributed by atoms with van der Waals surface area (Å²) in [5.74, 6) is 0.0126. The van der Waals surface area contributed by atoms with Crippen molar-refractivity contribution in [1.29, 1.82) is 0 Å². The Morgan fingerprint density at radius 1 is 1.38 bits per heavy atom. The number of hydrogen-bond acceptors (Lipinski definition) is 3. The molecule has 0 radical (unpaired) electrons. The van der Waals surface area contributed by atoms with Crippen molar-refractivity contribution in [2.45, 2.75) is 39.7 Å². The van der Waals surface area contributed by atoms with Crippen LogP contribution >= 0.6 is 0 Å². The summed E-state index contributed by atoms with van der Waals surface area (Å²) >= 11 is 0. The summed E-state index contributed by atoms with van der Waals surface area (Å²) in [5.41, 5.74) is 2.28. The highest BCUT2D eigenvalue weighted by molar-refractivity contribution is 5.89. The van der Waals surface area contributed by atoms with Crippen molar-refractivity contribution in [1.82, 2.24) is 10.2 Å². The van der Waals surface area contributed by atoms with Crippen LogP contribution in [0.3, 0.4) is 0 Å². The molecular formula is C19H28N2O3. The molecule has 1 saturated heterocycles. The summed E-state index contributed by atoms with van der Waals surface area (Å²) in [5, 5.41) is 12.0. The first-order chi connectivity index (χ1) is 11.5. The van der Waals surface area contributed by atoms with Crippen LogP contribution in [0.4, 0.5) is 0 Å². The second-order valence-corrected chi connectivity index (χ2v) is 6.69. The Labute approximate surface area is 144 Å². The average Bonchev–Trinajstić information content (AvgIpc) is 2.94. The van der Waals surface area contributed by atoms with Crippen LogP contribution in [0.25, 0.3) is 0 Å². The van der Waals surface area contributed by atoms with Gasteiger partial charge < -0.3 is 15.3 Å². The van der Waals surface area contributed by atoms with Gasteiger partial charge in [0.2, 0.25) is 11.8 Å². The topological polar surface area (TPSA) is 69.6 Å². The molecule has 2 rings (SSSR count).